The van der Waals surface area contributed by atoms with Crippen LogP contribution in [0.3, 0.4) is 0 Å². The van der Waals surface area contributed by atoms with Gasteiger partial charge >= 0.3 is 5.97 Å². The molecule has 2 saturated heterocycles. The number of hydrogen-bond donors (Lipinski definition) is 1. The van der Waals surface area contributed by atoms with E-state index in [9.17, 15) is 14.7 Å². The van der Waals surface area contributed by atoms with E-state index in [1.165, 1.54) is 11.1 Å². The SMILES string of the molecule is O=C(O)C1CC2CCC1N(C(=O)c1cccc3c1CCC3)C2. The molecule has 2 bridgehead atoms. The van der Waals surface area contributed by atoms with Gasteiger partial charge in [-0.25, -0.2) is 0 Å². The maximum absolute atomic E-state index is 13.1. The molecule has 22 heavy (non-hydrogen) atoms. The molecule has 4 heteroatoms. The Morgan fingerprint density at radius 1 is 1.18 bits per heavy atom. The van der Waals surface area contributed by atoms with E-state index in [0.717, 1.165) is 50.6 Å². The Bertz CT molecular complexity index is 639. The van der Waals surface area contributed by atoms with Crippen molar-refractivity contribution in [2.75, 3.05) is 6.54 Å². The van der Waals surface area contributed by atoms with Crippen molar-refractivity contribution < 1.29 is 14.7 Å². The third-order valence-corrected chi connectivity index (χ3v) is 5.73. The van der Waals surface area contributed by atoms with Gasteiger partial charge in [0.25, 0.3) is 5.91 Å². The first kappa shape index (κ1) is 13.8. The molecule has 116 valence electrons. The van der Waals surface area contributed by atoms with Crippen LogP contribution in [-0.4, -0.2) is 34.5 Å². The zero-order chi connectivity index (χ0) is 15.3. The molecule has 2 aliphatic carbocycles. The van der Waals surface area contributed by atoms with Gasteiger partial charge in [-0.05, 0) is 61.6 Å². The highest BCUT2D eigenvalue weighted by Crippen LogP contribution is 2.40. The van der Waals surface area contributed by atoms with E-state index in [-0.39, 0.29) is 17.9 Å². The fraction of sp³-hybridized carbons (Fsp3) is 0.556. The van der Waals surface area contributed by atoms with Gasteiger partial charge in [-0.2, -0.15) is 0 Å². The van der Waals surface area contributed by atoms with Crippen LogP contribution in [0, 0.1) is 11.8 Å². The average Bonchev–Trinajstić information content (AvgIpc) is 3.03. The second kappa shape index (κ2) is 5.11. The van der Waals surface area contributed by atoms with Crippen LogP contribution in [0.2, 0.25) is 0 Å². The van der Waals surface area contributed by atoms with E-state index in [1.54, 1.807) is 0 Å². The lowest BCUT2D eigenvalue weighted by atomic mass is 9.72. The standard InChI is InChI=1S/C18H21NO3/c20-17(14-6-2-4-12-3-1-5-13(12)14)19-10-11-7-8-16(19)15(9-11)18(21)22/h2,4,6,11,15-16H,1,3,5,7-10H2,(H,21,22). The Morgan fingerprint density at radius 3 is 2.82 bits per heavy atom. The molecule has 1 amide bonds. The van der Waals surface area contributed by atoms with Crippen LogP contribution in [0.5, 0.6) is 0 Å². The van der Waals surface area contributed by atoms with Gasteiger partial charge in [-0.1, -0.05) is 12.1 Å². The van der Waals surface area contributed by atoms with Crippen LogP contribution >= 0.6 is 0 Å². The van der Waals surface area contributed by atoms with E-state index in [4.69, 9.17) is 0 Å². The van der Waals surface area contributed by atoms with Crippen LogP contribution in [0.15, 0.2) is 18.2 Å². The number of aryl methyl sites for hydroxylation is 1. The molecule has 4 aliphatic rings. The normalized spacial score (nSPS) is 29.5. The quantitative estimate of drug-likeness (QED) is 0.913. The Labute approximate surface area is 130 Å². The summed E-state index contributed by atoms with van der Waals surface area (Å²) in [5, 5.41) is 9.45. The predicted molar refractivity (Wildman–Crippen MR) is 81.8 cm³/mol. The van der Waals surface area contributed by atoms with Crippen LogP contribution < -0.4 is 0 Å². The maximum atomic E-state index is 13.1. The summed E-state index contributed by atoms with van der Waals surface area (Å²) >= 11 is 0. The summed E-state index contributed by atoms with van der Waals surface area (Å²) in [5.41, 5.74) is 3.30. The van der Waals surface area contributed by atoms with Crippen molar-refractivity contribution in [2.24, 2.45) is 11.8 Å². The number of nitrogens with zero attached hydrogens (tertiary/aromatic N) is 1. The van der Waals surface area contributed by atoms with Crippen LogP contribution in [0.4, 0.5) is 0 Å². The number of piperidine rings is 2. The molecule has 1 saturated carbocycles. The second-order valence-corrected chi connectivity index (χ2v) is 6.95. The summed E-state index contributed by atoms with van der Waals surface area (Å²) in [6.07, 6.45) is 5.77. The zero-order valence-electron chi connectivity index (χ0n) is 12.6. The van der Waals surface area contributed by atoms with Gasteiger partial charge in [-0.15, -0.1) is 0 Å². The highest BCUT2D eigenvalue weighted by atomic mass is 16.4. The predicted octanol–water partition coefficient (Wildman–Crippen LogP) is 2.50. The topological polar surface area (TPSA) is 57.6 Å². The fourth-order valence-corrected chi connectivity index (χ4v) is 4.67. The van der Waals surface area contributed by atoms with Crippen LogP contribution in [0.1, 0.15) is 47.2 Å². The molecular formula is C18H21NO3. The number of fused-ring (bicyclic) bond motifs is 4. The van der Waals surface area contributed by atoms with Crippen molar-refractivity contribution in [3.63, 3.8) is 0 Å². The van der Waals surface area contributed by atoms with E-state index >= 15 is 0 Å². The molecular weight excluding hydrogens is 278 g/mol. The first-order chi connectivity index (χ1) is 10.6. The Balaban J connectivity index is 1.66. The first-order valence-corrected chi connectivity index (χ1v) is 8.29. The molecule has 0 radical (unpaired) electrons. The van der Waals surface area contributed by atoms with Gasteiger partial charge in [0, 0.05) is 18.2 Å². The summed E-state index contributed by atoms with van der Waals surface area (Å²) in [7, 11) is 0. The minimum atomic E-state index is -0.745. The van der Waals surface area contributed by atoms with Gasteiger partial charge in [0.15, 0.2) is 0 Å². The minimum absolute atomic E-state index is 0.0550. The summed E-state index contributed by atoms with van der Waals surface area (Å²) < 4.78 is 0. The van der Waals surface area contributed by atoms with Gasteiger partial charge in [0.05, 0.1) is 5.92 Å². The molecule has 3 atom stereocenters. The zero-order valence-corrected chi connectivity index (χ0v) is 12.6. The summed E-state index contributed by atoms with van der Waals surface area (Å²) in [6.45, 7) is 0.733. The first-order valence-electron chi connectivity index (χ1n) is 8.29. The molecule has 3 unspecified atom stereocenters. The smallest absolute Gasteiger partial charge is 0.308 e. The van der Waals surface area contributed by atoms with Gasteiger partial charge in [-0.3, -0.25) is 9.59 Å². The molecule has 4 nitrogen and oxygen atoms in total. The number of rotatable bonds is 2. The Kier molecular flexibility index (Phi) is 3.21. The number of aliphatic carboxylic acids is 1. The number of carboxylic acids is 1. The molecule has 2 heterocycles. The number of amides is 1. The largest absolute Gasteiger partial charge is 0.481 e. The van der Waals surface area contributed by atoms with E-state index in [2.05, 4.69) is 6.07 Å². The third-order valence-electron chi connectivity index (χ3n) is 5.73. The third kappa shape index (κ3) is 2.04. The lowest BCUT2D eigenvalue weighted by Crippen LogP contribution is -2.57. The van der Waals surface area contributed by atoms with Crippen molar-refractivity contribution in [3.05, 3.63) is 34.9 Å². The second-order valence-electron chi connectivity index (χ2n) is 6.95. The van der Waals surface area contributed by atoms with Crippen LogP contribution in [0.25, 0.3) is 0 Å². The van der Waals surface area contributed by atoms with Crippen molar-refractivity contribution in [1.82, 2.24) is 4.90 Å². The molecule has 2 aliphatic heterocycles. The number of benzene rings is 1. The van der Waals surface area contributed by atoms with Gasteiger partial charge in [0.1, 0.15) is 0 Å². The summed E-state index contributed by atoms with van der Waals surface area (Å²) in [4.78, 5) is 26.4. The number of carbonyl (C=O) groups excluding carboxylic acids is 1. The minimum Gasteiger partial charge on any atom is -0.481 e. The van der Waals surface area contributed by atoms with Crippen LogP contribution in [-0.2, 0) is 17.6 Å². The van der Waals surface area contributed by atoms with E-state index in [1.807, 2.05) is 17.0 Å². The Morgan fingerprint density at radius 2 is 2.05 bits per heavy atom. The van der Waals surface area contributed by atoms with E-state index < -0.39 is 5.97 Å². The van der Waals surface area contributed by atoms with Crippen molar-refractivity contribution >= 4 is 11.9 Å². The van der Waals surface area contributed by atoms with E-state index in [0.29, 0.717) is 5.92 Å². The number of carboxylic acid groups (broad SMARTS) is 1. The van der Waals surface area contributed by atoms with Gasteiger partial charge in [0.2, 0.25) is 0 Å². The highest BCUT2D eigenvalue weighted by molar-refractivity contribution is 5.97. The lowest BCUT2D eigenvalue weighted by molar-refractivity contribution is -0.148. The summed E-state index contributed by atoms with van der Waals surface area (Å²) in [6, 6.07) is 5.88. The molecule has 0 aromatic heterocycles. The maximum Gasteiger partial charge on any atom is 0.308 e. The molecule has 1 aromatic carbocycles. The molecule has 0 spiro atoms. The average molecular weight is 299 g/mol. The molecule has 1 aromatic rings. The van der Waals surface area contributed by atoms with Crippen molar-refractivity contribution in [2.45, 2.75) is 44.6 Å². The number of carbonyl (C=O) groups is 2. The molecule has 5 rings (SSSR count). The van der Waals surface area contributed by atoms with Gasteiger partial charge < -0.3 is 10.0 Å². The summed E-state index contributed by atoms with van der Waals surface area (Å²) in [5.74, 6) is -0.718. The van der Waals surface area contributed by atoms with Crippen molar-refractivity contribution in [3.8, 4) is 0 Å². The van der Waals surface area contributed by atoms with Crippen molar-refractivity contribution in [1.29, 1.82) is 0 Å². The monoisotopic (exact) mass is 299 g/mol. The fourth-order valence-electron chi connectivity index (χ4n) is 4.67. The highest BCUT2D eigenvalue weighted by Gasteiger charge is 2.46. The molecule has 3 fully saturated rings. The molecule has 1 N–H and O–H groups in total. The lowest BCUT2D eigenvalue weighted by Gasteiger charge is -2.48. The Hall–Kier alpha value is -1.84. The number of hydrogen-bond acceptors (Lipinski definition) is 2.